The predicted octanol–water partition coefficient (Wildman–Crippen LogP) is 5.20. The molecule has 10 heteroatoms. The molecule has 1 amide bonds. The van der Waals surface area contributed by atoms with Gasteiger partial charge in [-0.2, -0.15) is 0 Å². The number of halogens is 3. The molecule has 0 fully saturated rings. The third kappa shape index (κ3) is 5.54. The number of ether oxygens (including phenoxy) is 1. The van der Waals surface area contributed by atoms with E-state index in [2.05, 4.69) is 5.32 Å². The monoisotopic (exact) mass is 480 g/mol. The van der Waals surface area contributed by atoms with Gasteiger partial charge in [0.15, 0.2) is 17.4 Å². The number of sulfonamides is 1. The molecule has 32 heavy (non-hydrogen) atoms. The Morgan fingerprint density at radius 1 is 1.03 bits per heavy atom. The Bertz CT molecular complexity index is 1240. The molecule has 0 aliphatic heterocycles. The van der Waals surface area contributed by atoms with E-state index in [1.165, 1.54) is 13.0 Å². The first-order valence-electron chi connectivity index (χ1n) is 9.34. The zero-order valence-electron chi connectivity index (χ0n) is 17.1. The maximum Gasteiger partial charge on any atom is 0.248 e. The molecule has 1 atom stereocenters. The fraction of sp³-hybridized carbons (Fsp3) is 0.136. The zero-order valence-corrected chi connectivity index (χ0v) is 18.6. The highest BCUT2D eigenvalue weighted by Gasteiger charge is 2.30. The minimum atomic E-state index is -4.02. The molecular formula is C22H19ClF2N2O4S. The SMILES string of the molecule is C[C@@H](C(=O)Nc1cc(Cl)ccc1Oc1ccccc1)N(c1ccc(F)c(F)c1)S(C)(=O)=O. The van der Waals surface area contributed by atoms with Crippen molar-refractivity contribution in [3.63, 3.8) is 0 Å². The van der Waals surface area contributed by atoms with Crippen LogP contribution in [0.4, 0.5) is 20.2 Å². The summed E-state index contributed by atoms with van der Waals surface area (Å²) in [5, 5.41) is 2.91. The number of para-hydroxylation sites is 1. The van der Waals surface area contributed by atoms with Gasteiger partial charge < -0.3 is 10.1 Å². The Labute approximate surface area is 189 Å². The van der Waals surface area contributed by atoms with Crippen LogP contribution >= 0.6 is 11.6 Å². The van der Waals surface area contributed by atoms with E-state index in [-0.39, 0.29) is 17.1 Å². The quantitative estimate of drug-likeness (QED) is 0.504. The van der Waals surface area contributed by atoms with Gasteiger partial charge in [0, 0.05) is 11.1 Å². The van der Waals surface area contributed by atoms with Crippen molar-refractivity contribution < 1.29 is 26.7 Å². The molecule has 0 heterocycles. The van der Waals surface area contributed by atoms with Crippen molar-refractivity contribution in [2.24, 2.45) is 0 Å². The molecule has 0 spiro atoms. The van der Waals surface area contributed by atoms with E-state index in [0.29, 0.717) is 21.1 Å². The molecule has 0 bridgehead atoms. The van der Waals surface area contributed by atoms with Gasteiger partial charge in [0.05, 0.1) is 17.6 Å². The fourth-order valence-corrected chi connectivity index (χ4v) is 4.31. The normalized spacial score (nSPS) is 12.2. The van der Waals surface area contributed by atoms with Gasteiger partial charge in [-0.3, -0.25) is 9.10 Å². The van der Waals surface area contributed by atoms with E-state index in [0.717, 1.165) is 18.4 Å². The summed E-state index contributed by atoms with van der Waals surface area (Å²) in [7, 11) is -4.02. The van der Waals surface area contributed by atoms with Crippen molar-refractivity contribution in [1.82, 2.24) is 0 Å². The van der Waals surface area contributed by atoms with Crippen molar-refractivity contribution in [2.75, 3.05) is 15.9 Å². The summed E-state index contributed by atoms with van der Waals surface area (Å²) in [4.78, 5) is 13.0. The highest BCUT2D eigenvalue weighted by atomic mass is 35.5. The molecule has 0 unspecified atom stereocenters. The van der Waals surface area contributed by atoms with Crippen molar-refractivity contribution in [3.05, 3.63) is 83.4 Å². The predicted molar refractivity (Wildman–Crippen MR) is 120 cm³/mol. The number of hydrogen-bond donors (Lipinski definition) is 1. The summed E-state index contributed by atoms with van der Waals surface area (Å²) >= 11 is 6.06. The van der Waals surface area contributed by atoms with Gasteiger partial charge >= 0.3 is 0 Å². The van der Waals surface area contributed by atoms with E-state index in [1.807, 2.05) is 6.07 Å². The smallest absolute Gasteiger partial charge is 0.248 e. The molecule has 0 saturated heterocycles. The van der Waals surface area contributed by atoms with Gasteiger partial charge in [-0.15, -0.1) is 0 Å². The summed E-state index contributed by atoms with van der Waals surface area (Å²) in [6.07, 6.45) is 0.862. The van der Waals surface area contributed by atoms with Crippen LogP contribution in [0.1, 0.15) is 6.92 Å². The van der Waals surface area contributed by atoms with E-state index in [1.54, 1.807) is 36.4 Å². The molecule has 3 rings (SSSR count). The number of hydrogen-bond acceptors (Lipinski definition) is 4. The van der Waals surface area contributed by atoms with Crippen LogP contribution in [0, 0.1) is 11.6 Å². The molecule has 168 valence electrons. The van der Waals surface area contributed by atoms with Gasteiger partial charge in [0.1, 0.15) is 11.8 Å². The second-order valence-electron chi connectivity index (χ2n) is 6.88. The Morgan fingerprint density at radius 2 is 1.72 bits per heavy atom. The summed E-state index contributed by atoms with van der Waals surface area (Å²) in [6, 6.07) is 14.7. The number of nitrogens with one attached hydrogen (secondary N) is 1. The number of benzene rings is 3. The second-order valence-corrected chi connectivity index (χ2v) is 9.17. The first-order valence-corrected chi connectivity index (χ1v) is 11.6. The number of carbonyl (C=O) groups is 1. The zero-order chi connectivity index (χ0) is 23.5. The molecule has 0 aliphatic rings. The topological polar surface area (TPSA) is 75.7 Å². The highest BCUT2D eigenvalue weighted by molar-refractivity contribution is 7.92. The number of carbonyl (C=O) groups excluding carboxylic acids is 1. The molecular weight excluding hydrogens is 462 g/mol. The lowest BCUT2D eigenvalue weighted by Gasteiger charge is -2.28. The first kappa shape index (κ1) is 23.5. The standard InChI is InChI=1S/C22H19ClF2N2O4S/c1-14(27(32(2,29)30)16-9-10-18(24)19(25)13-16)22(28)26-20-12-15(23)8-11-21(20)31-17-6-4-3-5-7-17/h3-14H,1-2H3,(H,26,28)/t14-/m0/s1. The molecule has 0 aliphatic carbocycles. The van der Waals surface area contributed by atoms with Crippen LogP contribution in [0.2, 0.25) is 5.02 Å². The minimum absolute atomic E-state index is 0.194. The van der Waals surface area contributed by atoms with E-state index < -0.39 is 33.6 Å². The van der Waals surface area contributed by atoms with E-state index >= 15 is 0 Å². The average Bonchev–Trinajstić information content (AvgIpc) is 2.72. The Hall–Kier alpha value is -3.17. The minimum Gasteiger partial charge on any atom is -0.455 e. The lowest BCUT2D eigenvalue weighted by atomic mass is 10.2. The van der Waals surface area contributed by atoms with Crippen LogP contribution in [0.5, 0.6) is 11.5 Å². The van der Waals surface area contributed by atoms with Crippen LogP contribution in [0.15, 0.2) is 66.7 Å². The summed E-state index contributed by atoms with van der Waals surface area (Å²) in [5.41, 5.74) is 0.0119. The van der Waals surface area contributed by atoms with Crippen molar-refractivity contribution >= 4 is 38.9 Å². The van der Waals surface area contributed by atoms with Crippen LogP contribution in [-0.2, 0) is 14.8 Å². The largest absolute Gasteiger partial charge is 0.455 e. The van der Waals surface area contributed by atoms with Gasteiger partial charge in [0.25, 0.3) is 0 Å². The van der Waals surface area contributed by atoms with Crippen LogP contribution in [0.3, 0.4) is 0 Å². The highest BCUT2D eigenvalue weighted by Crippen LogP contribution is 2.32. The summed E-state index contributed by atoms with van der Waals surface area (Å²) in [5.74, 6) is -2.32. The molecule has 0 radical (unpaired) electrons. The summed E-state index contributed by atoms with van der Waals surface area (Å²) in [6.45, 7) is 1.32. The number of rotatable bonds is 7. The third-order valence-electron chi connectivity index (χ3n) is 4.42. The maximum atomic E-state index is 13.7. The first-order chi connectivity index (χ1) is 15.1. The van der Waals surface area contributed by atoms with Crippen molar-refractivity contribution in [2.45, 2.75) is 13.0 Å². The third-order valence-corrected chi connectivity index (χ3v) is 5.89. The van der Waals surface area contributed by atoms with Crippen molar-refractivity contribution in [1.29, 1.82) is 0 Å². The second kappa shape index (κ2) is 9.54. The van der Waals surface area contributed by atoms with Crippen LogP contribution in [-0.4, -0.2) is 26.6 Å². The Morgan fingerprint density at radius 3 is 2.34 bits per heavy atom. The Balaban J connectivity index is 1.91. The maximum absolute atomic E-state index is 13.7. The molecule has 3 aromatic rings. The fourth-order valence-electron chi connectivity index (χ4n) is 2.97. The number of amides is 1. The lowest BCUT2D eigenvalue weighted by Crippen LogP contribution is -2.45. The lowest BCUT2D eigenvalue weighted by molar-refractivity contribution is -0.116. The average molecular weight is 481 g/mol. The van der Waals surface area contributed by atoms with Crippen LogP contribution in [0.25, 0.3) is 0 Å². The van der Waals surface area contributed by atoms with Gasteiger partial charge in [-0.25, -0.2) is 17.2 Å². The van der Waals surface area contributed by atoms with Crippen molar-refractivity contribution in [3.8, 4) is 11.5 Å². The molecule has 0 aromatic heterocycles. The molecule has 0 saturated carbocycles. The van der Waals surface area contributed by atoms with Gasteiger partial charge in [-0.1, -0.05) is 29.8 Å². The van der Waals surface area contributed by atoms with Gasteiger partial charge in [0.2, 0.25) is 15.9 Å². The van der Waals surface area contributed by atoms with E-state index in [9.17, 15) is 22.0 Å². The Kier molecular flexibility index (Phi) is 7.00. The molecule has 3 aromatic carbocycles. The molecule has 6 nitrogen and oxygen atoms in total. The summed E-state index contributed by atoms with van der Waals surface area (Å²) < 4.78 is 58.3. The van der Waals surface area contributed by atoms with Gasteiger partial charge in [-0.05, 0) is 49.4 Å². The number of anilines is 2. The van der Waals surface area contributed by atoms with Crippen LogP contribution < -0.4 is 14.4 Å². The molecule has 1 N–H and O–H groups in total. The van der Waals surface area contributed by atoms with E-state index in [4.69, 9.17) is 16.3 Å². The number of nitrogens with zero attached hydrogens (tertiary/aromatic N) is 1.